The van der Waals surface area contributed by atoms with Gasteiger partial charge in [0.05, 0.1) is 11.5 Å². The Morgan fingerprint density at radius 1 is 1.33 bits per heavy atom. The molecule has 110 valence electrons. The van der Waals surface area contributed by atoms with E-state index >= 15 is 0 Å². The predicted octanol–water partition coefficient (Wildman–Crippen LogP) is 3.28. The van der Waals surface area contributed by atoms with Crippen LogP contribution in [0, 0.1) is 0 Å². The zero-order valence-corrected chi connectivity index (χ0v) is 13.1. The topological polar surface area (TPSA) is 38.3 Å². The van der Waals surface area contributed by atoms with E-state index in [1.54, 1.807) is 18.4 Å². The maximum atomic E-state index is 12.3. The number of nitrogens with one attached hydrogen (secondary N) is 1. The van der Waals surface area contributed by atoms with E-state index in [9.17, 15) is 4.79 Å². The molecule has 3 rings (SSSR count). The number of amides is 1. The molecule has 1 aliphatic carbocycles. The lowest BCUT2D eigenvalue weighted by molar-refractivity contribution is 0.0909. The highest BCUT2D eigenvalue weighted by Crippen LogP contribution is 2.39. The molecule has 0 saturated heterocycles. The Bertz CT molecular complexity index is 663. The maximum Gasteiger partial charge on any atom is 0.261 e. The summed E-state index contributed by atoms with van der Waals surface area (Å²) in [6.07, 6.45) is 2.07. The molecule has 1 heterocycles. The zero-order chi connectivity index (χ0) is 14.8. The van der Waals surface area contributed by atoms with E-state index < -0.39 is 0 Å². The molecule has 1 aromatic heterocycles. The summed E-state index contributed by atoms with van der Waals surface area (Å²) in [7, 11) is 1.64. The van der Waals surface area contributed by atoms with Gasteiger partial charge in [-0.05, 0) is 42.5 Å². The third-order valence-corrected chi connectivity index (χ3v) is 4.96. The average molecular weight is 301 g/mol. The Kier molecular flexibility index (Phi) is 4.08. The summed E-state index contributed by atoms with van der Waals surface area (Å²) in [6, 6.07) is 10.5. The summed E-state index contributed by atoms with van der Waals surface area (Å²) >= 11 is 1.59. The van der Waals surface area contributed by atoms with Gasteiger partial charge in [-0.25, -0.2) is 0 Å². The Hall–Kier alpha value is -1.65. The van der Waals surface area contributed by atoms with Crippen molar-refractivity contribution in [3.05, 3.63) is 46.3 Å². The Labute approximate surface area is 129 Å². The largest absolute Gasteiger partial charge is 0.383 e. The SMILES string of the molecule is COCC(C)NC(=O)c1cc2c(s1)-c1ccccc1CC2. The molecule has 1 N–H and O–H groups in total. The summed E-state index contributed by atoms with van der Waals surface area (Å²) in [5.74, 6) is -0.00330. The van der Waals surface area contributed by atoms with Crippen LogP contribution in [0.4, 0.5) is 0 Å². The highest BCUT2D eigenvalue weighted by Gasteiger charge is 2.21. The molecule has 1 atom stereocenters. The lowest BCUT2D eigenvalue weighted by atomic mass is 9.91. The van der Waals surface area contributed by atoms with Crippen LogP contribution < -0.4 is 5.32 Å². The minimum atomic E-state index is -0.00330. The van der Waals surface area contributed by atoms with Crippen molar-refractivity contribution >= 4 is 17.2 Å². The van der Waals surface area contributed by atoms with Crippen LogP contribution in [0.3, 0.4) is 0 Å². The van der Waals surface area contributed by atoms with E-state index in [-0.39, 0.29) is 11.9 Å². The molecule has 3 nitrogen and oxygen atoms in total. The predicted molar refractivity (Wildman–Crippen MR) is 86.0 cm³/mol. The van der Waals surface area contributed by atoms with Crippen molar-refractivity contribution in [3.63, 3.8) is 0 Å². The van der Waals surface area contributed by atoms with E-state index in [4.69, 9.17) is 4.74 Å². The summed E-state index contributed by atoms with van der Waals surface area (Å²) in [5.41, 5.74) is 3.96. The van der Waals surface area contributed by atoms with Gasteiger partial charge >= 0.3 is 0 Å². The van der Waals surface area contributed by atoms with Crippen molar-refractivity contribution in [2.24, 2.45) is 0 Å². The summed E-state index contributed by atoms with van der Waals surface area (Å²) in [6.45, 7) is 2.48. The van der Waals surface area contributed by atoms with E-state index in [0.717, 1.165) is 17.7 Å². The van der Waals surface area contributed by atoms with Gasteiger partial charge in [0, 0.05) is 18.0 Å². The van der Waals surface area contributed by atoms with Gasteiger partial charge in [-0.3, -0.25) is 4.79 Å². The van der Waals surface area contributed by atoms with Crippen LogP contribution in [-0.4, -0.2) is 25.7 Å². The molecule has 0 radical (unpaired) electrons. The minimum absolute atomic E-state index is 0.00330. The normalized spacial score (nSPS) is 14.2. The van der Waals surface area contributed by atoms with Crippen molar-refractivity contribution < 1.29 is 9.53 Å². The number of aryl methyl sites for hydroxylation is 2. The summed E-state index contributed by atoms with van der Waals surface area (Å²) < 4.78 is 5.06. The van der Waals surface area contributed by atoms with E-state index in [1.807, 2.05) is 13.0 Å². The van der Waals surface area contributed by atoms with E-state index in [0.29, 0.717) is 6.61 Å². The Balaban J connectivity index is 1.85. The second-order valence-corrected chi connectivity index (χ2v) is 6.50. The third-order valence-electron chi connectivity index (χ3n) is 3.75. The minimum Gasteiger partial charge on any atom is -0.383 e. The molecule has 1 amide bonds. The van der Waals surface area contributed by atoms with Crippen molar-refractivity contribution in [2.45, 2.75) is 25.8 Å². The fourth-order valence-corrected chi connectivity index (χ4v) is 3.94. The molecule has 0 spiro atoms. The number of hydrogen-bond acceptors (Lipinski definition) is 3. The average Bonchev–Trinajstić information content (AvgIpc) is 2.92. The highest BCUT2D eigenvalue weighted by atomic mass is 32.1. The molecule has 0 bridgehead atoms. The first-order valence-corrected chi connectivity index (χ1v) is 8.01. The maximum absolute atomic E-state index is 12.3. The fraction of sp³-hybridized carbons (Fsp3) is 0.353. The molecular formula is C17H19NO2S. The van der Waals surface area contributed by atoms with Gasteiger partial charge in [0.25, 0.3) is 5.91 Å². The fourth-order valence-electron chi connectivity index (χ4n) is 2.77. The number of fused-ring (bicyclic) bond motifs is 3. The molecule has 0 fully saturated rings. The molecule has 1 unspecified atom stereocenters. The monoisotopic (exact) mass is 301 g/mol. The van der Waals surface area contributed by atoms with Crippen LogP contribution >= 0.6 is 11.3 Å². The van der Waals surface area contributed by atoms with Crippen LogP contribution in [0.25, 0.3) is 10.4 Å². The number of carbonyl (C=O) groups is 1. The second-order valence-electron chi connectivity index (χ2n) is 5.45. The molecule has 1 aromatic carbocycles. The van der Waals surface area contributed by atoms with Gasteiger partial charge in [0.15, 0.2) is 0 Å². The first-order valence-electron chi connectivity index (χ1n) is 7.20. The van der Waals surface area contributed by atoms with Crippen LogP contribution in [0.15, 0.2) is 30.3 Å². The summed E-state index contributed by atoms with van der Waals surface area (Å²) in [5, 5.41) is 2.98. The number of rotatable bonds is 4. The van der Waals surface area contributed by atoms with Crippen LogP contribution in [0.1, 0.15) is 27.7 Å². The van der Waals surface area contributed by atoms with Crippen molar-refractivity contribution in [1.29, 1.82) is 0 Å². The Morgan fingerprint density at radius 3 is 2.90 bits per heavy atom. The number of hydrogen-bond donors (Lipinski definition) is 1. The number of benzene rings is 1. The standard InChI is InChI=1S/C17H19NO2S/c1-11(10-20-2)18-17(19)15-9-13-8-7-12-5-3-4-6-14(12)16(13)21-15/h3-6,9,11H,7-8,10H2,1-2H3,(H,18,19). The summed E-state index contributed by atoms with van der Waals surface area (Å²) in [4.78, 5) is 14.3. The van der Waals surface area contributed by atoms with Crippen molar-refractivity contribution in [2.75, 3.05) is 13.7 Å². The van der Waals surface area contributed by atoms with Crippen LogP contribution in [0.2, 0.25) is 0 Å². The van der Waals surface area contributed by atoms with Crippen LogP contribution in [0.5, 0.6) is 0 Å². The van der Waals surface area contributed by atoms with E-state index in [1.165, 1.54) is 21.6 Å². The molecule has 1 aliphatic rings. The van der Waals surface area contributed by atoms with Crippen LogP contribution in [-0.2, 0) is 17.6 Å². The van der Waals surface area contributed by atoms with Gasteiger partial charge in [-0.1, -0.05) is 24.3 Å². The molecule has 2 aromatic rings. The second kappa shape index (κ2) is 6.00. The highest BCUT2D eigenvalue weighted by molar-refractivity contribution is 7.17. The van der Waals surface area contributed by atoms with Gasteiger partial charge in [-0.15, -0.1) is 11.3 Å². The molecule has 4 heteroatoms. The number of carbonyl (C=O) groups excluding carboxylic acids is 1. The lowest BCUT2D eigenvalue weighted by Crippen LogP contribution is -2.35. The van der Waals surface area contributed by atoms with Gasteiger partial charge in [-0.2, -0.15) is 0 Å². The van der Waals surface area contributed by atoms with Gasteiger partial charge in [0.1, 0.15) is 0 Å². The van der Waals surface area contributed by atoms with Gasteiger partial charge < -0.3 is 10.1 Å². The van der Waals surface area contributed by atoms with Gasteiger partial charge in [0.2, 0.25) is 0 Å². The molecule has 0 saturated carbocycles. The van der Waals surface area contributed by atoms with Crippen molar-refractivity contribution in [1.82, 2.24) is 5.32 Å². The van der Waals surface area contributed by atoms with Crippen molar-refractivity contribution in [3.8, 4) is 10.4 Å². The quantitative estimate of drug-likeness (QED) is 0.941. The number of thiophene rings is 1. The molecule has 0 aliphatic heterocycles. The number of ether oxygens (including phenoxy) is 1. The lowest BCUT2D eigenvalue weighted by Gasteiger charge is -2.15. The molecular weight excluding hydrogens is 282 g/mol. The molecule has 21 heavy (non-hydrogen) atoms. The third kappa shape index (κ3) is 2.87. The smallest absolute Gasteiger partial charge is 0.261 e. The van der Waals surface area contributed by atoms with E-state index in [2.05, 4.69) is 29.6 Å². The number of methoxy groups -OCH3 is 1. The first kappa shape index (κ1) is 14.3. The zero-order valence-electron chi connectivity index (χ0n) is 12.3. The Morgan fingerprint density at radius 2 is 2.10 bits per heavy atom. The first-order chi connectivity index (χ1) is 10.2.